The largest absolute Gasteiger partial charge is 0.502 e. The number of aromatic amines is 1. The summed E-state index contributed by atoms with van der Waals surface area (Å²) in [6.07, 6.45) is 1.42. The summed E-state index contributed by atoms with van der Waals surface area (Å²) in [6.45, 7) is 1.95. The molecule has 2 N–H and O–H groups in total. The van der Waals surface area contributed by atoms with E-state index in [1.807, 2.05) is 31.2 Å². The van der Waals surface area contributed by atoms with Gasteiger partial charge in [0, 0.05) is 17.2 Å². The van der Waals surface area contributed by atoms with Crippen LogP contribution in [0.1, 0.15) is 11.1 Å². The monoisotopic (exact) mass is 355 g/mol. The Morgan fingerprint density at radius 2 is 2.12 bits per heavy atom. The molecule has 0 aliphatic rings. The molecule has 0 fully saturated rings. The minimum Gasteiger partial charge on any atom is -0.502 e. The van der Waals surface area contributed by atoms with Gasteiger partial charge in [-0.25, -0.2) is 5.10 Å². The Bertz CT molecular complexity index is 1040. The second-order valence-corrected chi connectivity index (χ2v) is 5.62. The molecule has 3 aromatic rings. The first-order valence-electron chi connectivity index (χ1n) is 7.22. The molecule has 1 aromatic heterocycles. The Morgan fingerprint density at radius 1 is 1.36 bits per heavy atom. The van der Waals surface area contributed by atoms with Gasteiger partial charge in [-0.2, -0.15) is 14.9 Å². The Hall–Kier alpha value is -3.33. The molecule has 0 radical (unpaired) electrons. The van der Waals surface area contributed by atoms with Gasteiger partial charge in [0.1, 0.15) is 0 Å². The van der Waals surface area contributed by atoms with Crippen molar-refractivity contribution < 1.29 is 10.0 Å². The van der Waals surface area contributed by atoms with Crippen molar-refractivity contribution in [1.82, 2.24) is 14.9 Å². The number of hydrogen-bond donors (Lipinski definition) is 2. The van der Waals surface area contributed by atoms with Gasteiger partial charge in [0.25, 0.3) is 0 Å². The van der Waals surface area contributed by atoms with Gasteiger partial charge in [-0.3, -0.25) is 10.1 Å². The van der Waals surface area contributed by atoms with Crippen molar-refractivity contribution in [2.24, 2.45) is 5.10 Å². The normalized spacial score (nSPS) is 11.1. The predicted octanol–water partition coefficient (Wildman–Crippen LogP) is 3.41. The molecule has 126 valence electrons. The number of nitrogens with one attached hydrogen (secondary N) is 1. The van der Waals surface area contributed by atoms with E-state index in [1.54, 1.807) is 0 Å². The van der Waals surface area contributed by atoms with Crippen LogP contribution in [0, 0.1) is 21.8 Å². The van der Waals surface area contributed by atoms with Crippen molar-refractivity contribution in [1.29, 1.82) is 0 Å². The van der Waals surface area contributed by atoms with Crippen LogP contribution in [-0.4, -0.2) is 31.1 Å². The number of phenolic OH excluding ortho intramolecular Hbond substituents is 1. The average molecular weight is 355 g/mol. The first-order valence-corrected chi connectivity index (χ1v) is 7.63. The van der Waals surface area contributed by atoms with E-state index in [-0.39, 0.29) is 5.69 Å². The molecule has 25 heavy (non-hydrogen) atoms. The fourth-order valence-corrected chi connectivity index (χ4v) is 2.47. The fraction of sp³-hybridized carbons (Fsp3) is 0.0625. The van der Waals surface area contributed by atoms with Crippen LogP contribution in [0.25, 0.3) is 11.4 Å². The number of aromatic hydroxyl groups is 1. The van der Waals surface area contributed by atoms with Crippen LogP contribution in [0.3, 0.4) is 0 Å². The van der Waals surface area contributed by atoms with E-state index in [4.69, 9.17) is 12.2 Å². The zero-order valence-electron chi connectivity index (χ0n) is 13.1. The smallest absolute Gasteiger partial charge is 0.311 e. The maximum atomic E-state index is 10.9. The quantitative estimate of drug-likeness (QED) is 0.322. The van der Waals surface area contributed by atoms with Gasteiger partial charge in [0.15, 0.2) is 11.6 Å². The lowest BCUT2D eigenvalue weighted by molar-refractivity contribution is -0.385. The van der Waals surface area contributed by atoms with Crippen molar-refractivity contribution >= 4 is 24.1 Å². The van der Waals surface area contributed by atoms with E-state index in [2.05, 4.69) is 15.3 Å². The molecule has 0 saturated heterocycles. The van der Waals surface area contributed by atoms with Gasteiger partial charge in [0.2, 0.25) is 4.77 Å². The standard InChI is InChI=1S/C16H13N5O3S/c1-10-4-2-3-5-12(10)15-18-19-16(25)20(15)17-9-11-6-7-14(22)13(8-11)21(23)24/h2-9,22H,1H3,(H,19,25)/b17-9+. The molecule has 0 bridgehead atoms. The number of hydrogen-bond acceptors (Lipinski definition) is 6. The molecule has 1 heterocycles. The second kappa shape index (κ2) is 6.65. The van der Waals surface area contributed by atoms with Gasteiger partial charge in [-0.1, -0.05) is 24.3 Å². The van der Waals surface area contributed by atoms with Crippen LogP contribution in [0.15, 0.2) is 47.6 Å². The van der Waals surface area contributed by atoms with Gasteiger partial charge < -0.3 is 5.11 Å². The topological polar surface area (TPSA) is 109 Å². The summed E-state index contributed by atoms with van der Waals surface area (Å²) in [6, 6.07) is 11.7. The number of benzene rings is 2. The van der Waals surface area contributed by atoms with Crippen molar-refractivity contribution in [3.63, 3.8) is 0 Å². The number of phenols is 1. The minimum atomic E-state index is -0.658. The second-order valence-electron chi connectivity index (χ2n) is 5.23. The molecule has 0 atom stereocenters. The highest BCUT2D eigenvalue weighted by atomic mass is 32.1. The van der Waals surface area contributed by atoms with Crippen LogP contribution in [0.2, 0.25) is 0 Å². The lowest BCUT2D eigenvalue weighted by Gasteiger charge is -2.04. The molecular formula is C16H13N5O3S. The summed E-state index contributed by atoms with van der Waals surface area (Å²) < 4.78 is 1.74. The SMILES string of the molecule is Cc1ccccc1-c1n[nH]c(=S)n1/N=C/c1ccc(O)c([N+](=O)[O-])c1. The van der Waals surface area contributed by atoms with E-state index >= 15 is 0 Å². The lowest BCUT2D eigenvalue weighted by Crippen LogP contribution is -1.97. The minimum absolute atomic E-state index is 0.294. The molecule has 2 aromatic carbocycles. The van der Waals surface area contributed by atoms with Crippen LogP contribution in [-0.2, 0) is 0 Å². The van der Waals surface area contributed by atoms with Crippen LogP contribution in [0.5, 0.6) is 5.75 Å². The molecule has 0 unspecified atom stereocenters. The van der Waals surface area contributed by atoms with Gasteiger partial charge in [-0.05, 0) is 36.8 Å². The van der Waals surface area contributed by atoms with Gasteiger partial charge in [0.05, 0.1) is 11.1 Å². The highest BCUT2D eigenvalue weighted by Crippen LogP contribution is 2.26. The molecule has 0 spiro atoms. The molecular weight excluding hydrogens is 342 g/mol. The molecule has 0 aliphatic carbocycles. The average Bonchev–Trinajstić information content (AvgIpc) is 2.95. The molecule has 0 saturated carbocycles. The zero-order valence-corrected chi connectivity index (χ0v) is 13.9. The number of aromatic nitrogens is 3. The van der Waals surface area contributed by atoms with Crippen molar-refractivity contribution in [3.8, 4) is 17.1 Å². The van der Waals surface area contributed by atoms with Gasteiger partial charge >= 0.3 is 5.69 Å². The van der Waals surface area contributed by atoms with Crippen molar-refractivity contribution in [2.75, 3.05) is 0 Å². The van der Waals surface area contributed by atoms with Crippen LogP contribution in [0.4, 0.5) is 5.69 Å². The third-order valence-electron chi connectivity index (χ3n) is 3.55. The number of H-pyrrole nitrogens is 1. The Morgan fingerprint density at radius 3 is 2.84 bits per heavy atom. The number of aryl methyl sites for hydroxylation is 1. The molecule has 0 amide bonds. The van der Waals surface area contributed by atoms with Crippen LogP contribution >= 0.6 is 12.2 Å². The Balaban J connectivity index is 2.02. The summed E-state index contributed by atoms with van der Waals surface area (Å²) in [4.78, 5) is 10.2. The Kier molecular flexibility index (Phi) is 4.40. The zero-order chi connectivity index (χ0) is 18.0. The van der Waals surface area contributed by atoms with Crippen LogP contribution < -0.4 is 0 Å². The molecule has 9 heteroatoms. The first kappa shape index (κ1) is 16.5. The molecule has 8 nitrogen and oxygen atoms in total. The summed E-state index contributed by atoms with van der Waals surface area (Å²) in [5.41, 5.74) is 1.93. The maximum Gasteiger partial charge on any atom is 0.311 e. The highest BCUT2D eigenvalue weighted by Gasteiger charge is 2.13. The Labute approximate surface area is 147 Å². The predicted molar refractivity (Wildman–Crippen MR) is 95.3 cm³/mol. The summed E-state index contributed by atoms with van der Waals surface area (Å²) in [7, 11) is 0. The summed E-state index contributed by atoms with van der Waals surface area (Å²) in [5.74, 6) is 0.135. The lowest BCUT2D eigenvalue weighted by atomic mass is 10.1. The third-order valence-corrected chi connectivity index (χ3v) is 3.82. The van der Waals surface area contributed by atoms with Crippen molar-refractivity contribution in [2.45, 2.75) is 6.92 Å². The fourth-order valence-electron chi connectivity index (χ4n) is 2.29. The number of nitro groups is 1. The van der Waals surface area contributed by atoms with E-state index in [1.165, 1.54) is 29.1 Å². The number of rotatable bonds is 4. The number of nitrogens with zero attached hydrogens (tertiary/aromatic N) is 4. The third kappa shape index (κ3) is 3.31. The highest BCUT2D eigenvalue weighted by molar-refractivity contribution is 7.71. The van der Waals surface area contributed by atoms with E-state index < -0.39 is 10.7 Å². The summed E-state index contributed by atoms with van der Waals surface area (Å²) >= 11 is 5.20. The number of nitro benzene ring substituents is 1. The van der Waals surface area contributed by atoms with E-state index in [0.29, 0.717) is 16.2 Å². The maximum absolute atomic E-state index is 10.9. The first-order chi connectivity index (χ1) is 12.0. The van der Waals surface area contributed by atoms with E-state index in [0.717, 1.165) is 11.1 Å². The van der Waals surface area contributed by atoms with E-state index in [9.17, 15) is 15.2 Å². The van der Waals surface area contributed by atoms with Crippen molar-refractivity contribution in [3.05, 3.63) is 68.5 Å². The summed E-state index contributed by atoms with van der Waals surface area (Å²) in [5, 5.41) is 31.6. The van der Waals surface area contributed by atoms with Gasteiger partial charge in [-0.15, -0.1) is 0 Å². The molecule has 0 aliphatic heterocycles. The molecule has 3 rings (SSSR count).